The number of hydrogen-bond donors (Lipinski definition) is 0. The monoisotopic (exact) mass is 537 g/mol. The van der Waals surface area contributed by atoms with Gasteiger partial charge >= 0.3 is 0 Å². The van der Waals surface area contributed by atoms with Crippen LogP contribution >= 0.6 is 0 Å². The van der Waals surface area contributed by atoms with E-state index in [-0.39, 0.29) is 0 Å². The van der Waals surface area contributed by atoms with Gasteiger partial charge in [0.05, 0.1) is 11.4 Å². The van der Waals surface area contributed by atoms with E-state index in [0.29, 0.717) is 5.82 Å². The molecule has 0 bridgehead atoms. The van der Waals surface area contributed by atoms with Gasteiger partial charge in [-0.2, -0.15) is 0 Å². The number of benzene rings is 5. The molecule has 0 aliphatic carbocycles. The molecule has 2 aromatic heterocycles. The maximum atomic E-state index is 5.07. The van der Waals surface area contributed by atoms with E-state index in [2.05, 4.69) is 126 Å². The summed E-state index contributed by atoms with van der Waals surface area (Å²) in [7, 11) is 0. The summed E-state index contributed by atoms with van der Waals surface area (Å²) >= 11 is 0. The minimum atomic E-state index is 0.706. The summed E-state index contributed by atoms with van der Waals surface area (Å²) < 4.78 is 0. The zero-order chi connectivity index (χ0) is 28.1. The summed E-state index contributed by atoms with van der Waals surface area (Å²) in [6.45, 7) is 0. The Bertz CT molecular complexity index is 1930. The van der Waals surface area contributed by atoms with E-state index < -0.39 is 0 Å². The van der Waals surface area contributed by atoms with Gasteiger partial charge < -0.3 is 0 Å². The first-order valence-electron chi connectivity index (χ1n) is 14.0. The van der Waals surface area contributed by atoms with Crippen LogP contribution in [0.25, 0.3) is 67.3 Å². The van der Waals surface area contributed by atoms with E-state index in [0.717, 1.165) is 50.3 Å². The molecule has 0 saturated carbocycles. The zero-order valence-electron chi connectivity index (χ0n) is 22.9. The van der Waals surface area contributed by atoms with E-state index >= 15 is 0 Å². The Morgan fingerprint density at radius 2 is 0.786 bits per heavy atom. The molecule has 0 unspecified atom stereocenters. The van der Waals surface area contributed by atoms with Gasteiger partial charge in [-0.3, -0.25) is 4.98 Å². The van der Waals surface area contributed by atoms with Gasteiger partial charge in [-0.15, -0.1) is 0 Å². The van der Waals surface area contributed by atoms with Crippen LogP contribution in [0.4, 0.5) is 0 Å². The SMILES string of the molecule is c1ccc(-c2ccc(-c3nc(-c4ccccc4)cc(-c4cccc(-c5ccc(-c6cccnc6)cc5)c4)n3)cc2)cc1. The first-order chi connectivity index (χ1) is 20.8. The van der Waals surface area contributed by atoms with Gasteiger partial charge in [-0.05, 0) is 51.6 Å². The predicted octanol–water partition coefficient (Wildman–Crippen LogP) is 9.87. The lowest BCUT2D eigenvalue weighted by Crippen LogP contribution is -1.96. The predicted molar refractivity (Wildman–Crippen MR) is 172 cm³/mol. The normalized spacial score (nSPS) is 10.9. The van der Waals surface area contributed by atoms with E-state index in [9.17, 15) is 0 Å². The molecular weight excluding hydrogens is 510 g/mol. The molecule has 0 spiro atoms. The van der Waals surface area contributed by atoms with Gasteiger partial charge in [0, 0.05) is 29.1 Å². The standard InChI is InChI=1S/C39H27N3/c1-3-9-28(10-4-1)29-20-22-33(23-21-29)39-41-37(32-11-5-2-6-12-32)26-38(42-39)35-14-7-13-34(25-35)30-16-18-31(19-17-30)36-15-8-24-40-27-36/h1-27H. The largest absolute Gasteiger partial charge is 0.264 e. The lowest BCUT2D eigenvalue weighted by molar-refractivity contribution is 1.18. The summed E-state index contributed by atoms with van der Waals surface area (Å²) in [6, 6.07) is 52.5. The van der Waals surface area contributed by atoms with Crippen molar-refractivity contribution >= 4 is 0 Å². The average Bonchev–Trinajstić information content (AvgIpc) is 3.09. The molecule has 5 aromatic carbocycles. The van der Waals surface area contributed by atoms with E-state index in [1.54, 1.807) is 6.20 Å². The Morgan fingerprint density at radius 1 is 0.310 bits per heavy atom. The van der Waals surface area contributed by atoms with Crippen molar-refractivity contribution in [1.82, 2.24) is 15.0 Å². The third-order valence-corrected chi connectivity index (χ3v) is 7.42. The first-order valence-corrected chi connectivity index (χ1v) is 14.0. The molecule has 7 rings (SSSR count). The van der Waals surface area contributed by atoms with Crippen LogP contribution in [0.3, 0.4) is 0 Å². The molecule has 0 saturated heterocycles. The van der Waals surface area contributed by atoms with E-state index in [1.165, 1.54) is 11.1 Å². The quantitative estimate of drug-likeness (QED) is 0.212. The van der Waals surface area contributed by atoms with Crippen LogP contribution in [0.15, 0.2) is 164 Å². The Balaban J connectivity index is 1.27. The Hall–Kier alpha value is -5.67. The first kappa shape index (κ1) is 25.3. The minimum absolute atomic E-state index is 0.706. The third-order valence-electron chi connectivity index (χ3n) is 7.42. The lowest BCUT2D eigenvalue weighted by Gasteiger charge is -2.11. The van der Waals surface area contributed by atoms with Gasteiger partial charge in [-0.1, -0.05) is 133 Å². The van der Waals surface area contributed by atoms with Crippen LogP contribution in [0.1, 0.15) is 0 Å². The molecule has 0 aliphatic rings. The van der Waals surface area contributed by atoms with Gasteiger partial charge in [0.2, 0.25) is 0 Å². The number of hydrogen-bond acceptors (Lipinski definition) is 3. The summed E-state index contributed by atoms with van der Waals surface area (Å²) in [4.78, 5) is 14.3. The summed E-state index contributed by atoms with van der Waals surface area (Å²) in [5, 5.41) is 0. The lowest BCUT2D eigenvalue weighted by atomic mass is 9.98. The smallest absolute Gasteiger partial charge is 0.160 e. The molecule has 3 heteroatoms. The Morgan fingerprint density at radius 3 is 1.43 bits per heavy atom. The molecule has 3 nitrogen and oxygen atoms in total. The van der Waals surface area contributed by atoms with Crippen LogP contribution in [-0.2, 0) is 0 Å². The number of rotatable bonds is 6. The van der Waals surface area contributed by atoms with Gasteiger partial charge in [0.1, 0.15) is 0 Å². The highest BCUT2D eigenvalue weighted by Crippen LogP contribution is 2.32. The van der Waals surface area contributed by atoms with Crippen molar-refractivity contribution in [1.29, 1.82) is 0 Å². The maximum absolute atomic E-state index is 5.07. The maximum Gasteiger partial charge on any atom is 0.160 e. The highest BCUT2D eigenvalue weighted by Gasteiger charge is 2.12. The fourth-order valence-electron chi connectivity index (χ4n) is 5.17. The molecule has 0 amide bonds. The van der Waals surface area contributed by atoms with Crippen LogP contribution in [0, 0.1) is 0 Å². The Kier molecular flexibility index (Phi) is 6.89. The molecule has 198 valence electrons. The third kappa shape index (κ3) is 5.36. The van der Waals surface area contributed by atoms with Crippen molar-refractivity contribution in [2.45, 2.75) is 0 Å². The van der Waals surface area contributed by atoms with E-state index in [1.807, 2.05) is 36.5 Å². The number of aromatic nitrogens is 3. The van der Waals surface area contributed by atoms with Crippen molar-refractivity contribution in [2.75, 3.05) is 0 Å². The van der Waals surface area contributed by atoms with Crippen molar-refractivity contribution in [2.24, 2.45) is 0 Å². The highest BCUT2D eigenvalue weighted by molar-refractivity contribution is 5.77. The van der Waals surface area contributed by atoms with Gasteiger partial charge in [-0.25, -0.2) is 9.97 Å². The van der Waals surface area contributed by atoms with Crippen LogP contribution in [0.5, 0.6) is 0 Å². The molecule has 42 heavy (non-hydrogen) atoms. The molecule has 7 aromatic rings. The molecule has 2 heterocycles. The van der Waals surface area contributed by atoms with Gasteiger partial charge in [0.25, 0.3) is 0 Å². The topological polar surface area (TPSA) is 38.7 Å². The summed E-state index contributed by atoms with van der Waals surface area (Å²) in [5.41, 5.74) is 11.8. The molecule has 0 fully saturated rings. The highest BCUT2D eigenvalue weighted by atomic mass is 14.9. The van der Waals surface area contributed by atoms with Crippen molar-refractivity contribution < 1.29 is 0 Å². The van der Waals surface area contributed by atoms with Gasteiger partial charge in [0.15, 0.2) is 5.82 Å². The fraction of sp³-hybridized carbons (Fsp3) is 0. The van der Waals surface area contributed by atoms with Crippen molar-refractivity contribution in [3.8, 4) is 67.3 Å². The Labute approximate surface area is 245 Å². The molecule has 0 atom stereocenters. The van der Waals surface area contributed by atoms with Crippen LogP contribution in [0.2, 0.25) is 0 Å². The fourth-order valence-corrected chi connectivity index (χ4v) is 5.17. The van der Waals surface area contributed by atoms with E-state index in [4.69, 9.17) is 9.97 Å². The summed E-state index contributed by atoms with van der Waals surface area (Å²) in [6.07, 6.45) is 3.69. The summed E-state index contributed by atoms with van der Waals surface area (Å²) in [5.74, 6) is 0.706. The molecule has 0 aliphatic heterocycles. The second-order valence-corrected chi connectivity index (χ2v) is 10.2. The van der Waals surface area contributed by atoms with Crippen molar-refractivity contribution in [3.63, 3.8) is 0 Å². The molecule has 0 N–H and O–H groups in total. The zero-order valence-corrected chi connectivity index (χ0v) is 22.9. The number of pyridine rings is 1. The molecular formula is C39H27N3. The van der Waals surface area contributed by atoms with Crippen molar-refractivity contribution in [3.05, 3.63) is 164 Å². The molecule has 0 radical (unpaired) electrons. The second kappa shape index (κ2) is 11.4. The number of nitrogens with zero attached hydrogens (tertiary/aromatic N) is 3. The van der Waals surface area contributed by atoms with Crippen LogP contribution in [-0.4, -0.2) is 15.0 Å². The second-order valence-electron chi connectivity index (χ2n) is 10.2. The average molecular weight is 538 g/mol. The van der Waals surface area contributed by atoms with Crippen LogP contribution < -0.4 is 0 Å². The minimum Gasteiger partial charge on any atom is -0.264 e.